The average Bonchev–Trinajstić information content (AvgIpc) is 2.18. The first-order valence-corrected chi connectivity index (χ1v) is 4.90. The summed E-state index contributed by atoms with van der Waals surface area (Å²) in [5.41, 5.74) is 1.77. The maximum Gasteiger partial charge on any atom is 0.301 e. The molecule has 0 saturated heterocycles. The van der Waals surface area contributed by atoms with Crippen molar-refractivity contribution in [3.63, 3.8) is 0 Å². The first-order chi connectivity index (χ1) is 7.19. The van der Waals surface area contributed by atoms with Gasteiger partial charge in [-0.05, 0) is 23.4 Å². The minimum Gasteiger partial charge on any atom is -0.314 e. The second kappa shape index (κ2) is 5.19. The van der Waals surface area contributed by atoms with Crippen molar-refractivity contribution in [3.05, 3.63) is 29.3 Å². The monoisotopic (exact) mass is 262 g/mol. The van der Waals surface area contributed by atoms with Gasteiger partial charge in [-0.25, -0.2) is 0 Å². The van der Waals surface area contributed by atoms with Crippen LogP contribution >= 0.6 is 15.9 Å². The van der Waals surface area contributed by atoms with Crippen LogP contribution in [-0.2, 0) is 4.79 Å². The van der Waals surface area contributed by atoms with E-state index in [1.807, 2.05) is 19.1 Å². The molecule has 1 rings (SSSR count). The Kier molecular flexibility index (Phi) is 3.91. The SMILES string of the molecule is Cc1cccc(NC(=O)C#CBr)c1C#N. The van der Waals surface area contributed by atoms with Crippen molar-refractivity contribution in [1.29, 1.82) is 5.26 Å². The van der Waals surface area contributed by atoms with Gasteiger partial charge in [-0.1, -0.05) is 12.1 Å². The summed E-state index contributed by atoms with van der Waals surface area (Å²) in [5, 5.41) is 11.4. The molecule has 0 aliphatic heterocycles. The number of rotatable bonds is 1. The van der Waals surface area contributed by atoms with Gasteiger partial charge in [0.05, 0.1) is 11.3 Å². The van der Waals surface area contributed by atoms with Gasteiger partial charge in [0.2, 0.25) is 0 Å². The fourth-order valence-corrected chi connectivity index (χ4v) is 1.30. The summed E-state index contributed by atoms with van der Waals surface area (Å²) >= 11 is 2.83. The lowest BCUT2D eigenvalue weighted by Gasteiger charge is -2.05. The zero-order valence-corrected chi connectivity index (χ0v) is 9.55. The predicted molar refractivity (Wildman–Crippen MR) is 61.2 cm³/mol. The van der Waals surface area contributed by atoms with Crippen LogP contribution in [0.25, 0.3) is 0 Å². The molecule has 1 aromatic rings. The Hall–Kier alpha value is -1.78. The molecule has 0 fully saturated rings. The number of anilines is 1. The molecule has 0 spiro atoms. The number of nitriles is 1. The standard InChI is InChI=1S/C11H7BrN2O/c1-8-3-2-4-10(9(8)7-13)14-11(15)5-6-12/h2-4H,1H3,(H,14,15). The molecule has 0 aromatic heterocycles. The highest BCUT2D eigenvalue weighted by Gasteiger charge is 2.06. The second-order valence-electron chi connectivity index (χ2n) is 2.78. The maximum atomic E-state index is 11.2. The molecule has 15 heavy (non-hydrogen) atoms. The van der Waals surface area contributed by atoms with Crippen LogP contribution in [0.1, 0.15) is 11.1 Å². The second-order valence-corrected chi connectivity index (χ2v) is 3.18. The largest absolute Gasteiger partial charge is 0.314 e. The highest BCUT2D eigenvalue weighted by molar-refractivity contribution is 9.12. The van der Waals surface area contributed by atoms with Gasteiger partial charge >= 0.3 is 5.91 Å². The van der Waals surface area contributed by atoms with Crippen LogP contribution in [0.4, 0.5) is 5.69 Å². The van der Waals surface area contributed by atoms with E-state index in [4.69, 9.17) is 5.26 Å². The van der Waals surface area contributed by atoms with Crippen molar-refractivity contribution in [2.75, 3.05) is 5.32 Å². The van der Waals surface area contributed by atoms with Gasteiger partial charge in [-0.15, -0.1) is 0 Å². The molecule has 4 heteroatoms. The average molecular weight is 263 g/mol. The summed E-state index contributed by atoms with van der Waals surface area (Å²) in [6.07, 6.45) is 0. The lowest BCUT2D eigenvalue weighted by molar-refractivity contribution is -0.111. The number of amides is 1. The molecule has 1 N–H and O–H groups in total. The number of nitrogens with zero attached hydrogens (tertiary/aromatic N) is 1. The van der Waals surface area contributed by atoms with Gasteiger partial charge in [-0.3, -0.25) is 4.79 Å². The van der Waals surface area contributed by atoms with Crippen molar-refractivity contribution in [2.24, 2.45) is 0 Å². The van der Waals surface area contributed by atoms with Crippen LogP contribution in [-0.4, -0.2) is 5.91 Å². The molecule has 0 radical (unpaired) electrons. The fourth-order valence-electron chi connectivity index (χ4n) is 1.12. The highest BCUT2D eigenvalue weighted by atomic mass is 79.9. The smallest absolute Gasteiger partial charge is 0.301 e. The third-order valence-electron chi connectivity index (χ3n) is 1.79. The van der Waals surface area contributed by atoms with E-state index in [1.165, 1.54) is 0 Å². The maximum absolute atomic E-state index is 11.2. The number of carbonyl (C=O) groups is 1. The van der Waals surface area contributed by atoms with E-state index in [2.05, 4.69) is 32.0 Å². The number of hydrogen-bond acceptors (Lipinski definition) is 2. The van der Waals surface area contributed by atoms with E-state index in [0.29, 0.717) is 11.3 Å². The molecule has 1 aromatic carbocycles. The summed E-state index contributed by atoms with van der Waals surface area (Å²) in [7, 11) is 0. The van der Waals surface area contributed by atoms with Crippen molar-refractivity contribution in [1.82, 2.24) is 0 Å². The van der Waals surface area contributed by atoms with Gasteiger partial charge in [0.1, 0.15) is 6.07 Å². The van der Waals surface area contributed by atoms with Crippen molar-refractivity contribution < 1.29 is 4.79 Å². The number of nitrogens with one attached hydrogen (secondary N) is 1. The molecule has 74 valence electrons. The molecule has 0 heterocycles. The van der Waals surface area contributed by atoms with Crippen LogP contribution in [0.3, 0.4) is 0 Å². The highest BCUT2D eigenvalue weighted by Crippen LogP contribution is 2.17. The van der Waals surface area contributed by atoms with Gasteiger partial charge < -0.3 is 5.32 Å². The molecule has 0 saturated carbocycles. The van der Waals surface area contributed by atoms with Crippen LogP contribution in [0.15, 0.2) is 18.2 Å². The number of benzene rings is 1. The summed E-state index contributed by atoms with van der Waals surface area (Å²) in [4.78, 5) is 13.5. The lowest BCUT2D eigenvalue weighted by Crippen LogP contribution is -2.09. The first-order valence-electron chi connectivity index (χ1n) is 4.11. The van der Waals surface area contributed by atoms with Gasteiger partial charge in [0.15, 0.2) is 0 Å². The Labute approximate surface area is 96.2 Å². The summed E-state index contributed by atoms with van der Waals surface area (Å²) in [6.45, 7) is 1.81. The molecular weight excluding hydrogens is 256 g/mol. The lowest BCUT2D eigenvalue weighted by atomic mass is 10.1. The van der Waals surface area contributed by atoms with Crippen LogP contribution in [0.2, 0.25) is 0 Å². The topological polar surface area (TPSA) is 52.9 Å². The van der Waals surface area contributed by atoms with Crippen molar-refractivity contribution in [2.45, 2.75) is 6.92 Å². The number of hydrogen-bond donors (Lipinski definition) is 1. The van der Waals surface area contributed by atoms with Crippen LogP contribution in [0, 0.1) is 29.0 Å². The van der Waals surface area contributed by atoms with Gasteiger partial charge in [-0.2, -0.15) is 5.26 Å². The third kappa shape index (κ3) is 2.83. The van der Waals surface area contributed by atoms with Crippen LogP contribution < -0.4 is 5.32 Å². The quantitative estimate of drug-likeness (QED) is 0.789. The summed E-state index contributed by atoms with van der Waals surface area (Å²) < 4.78 is 0. The molecule has 0 unspecified atom stereocenters. The van der Waals surface area contributed by atoms with E-state index in [9.17, 15) is 4.79 Å². The Morgan fingerprint density at radius 1 is 1.53 bits per heavy atom. The Morgan fingerprint density at radius 3 is 2.87 bits per heavy atom. The normalized spacial score (nSPS) is 8.33. The van der Waals surface area contributed by atoms with E-state index in [1.54, 1.807) is 12.1 Å². The Bertz CT molecular complexity index is 492. The van der Waals surface area contributed by atoms with Crippen molar-refractivity contribution >= 4 is 27.5 Å². The third-order valence-corrected chi connectivity index (χ3v) is 1.99. The van der Waals surface area contributed by atoms with E-state index >= 15 is 0 Å². The number of halogens is 1. The zero-order chi connectivity index (χ0) is 11.3. The molecule has 0 bridgehead atoms. The Balaban J connectivity index is 3.04. The van der Waals surface area contributed by atoms with Crippen LogP contribution in [0.5, 0.6) is 0 Å². The van der Waals surface area contributed by atoms with E-state index in [-0.39, 0.29) is 0 Å². The summed E-state index contributed by atoms with van der Waals surface area (Å²) in [5.74, 6) is 1.82. The Morgan fingerprint density at radius 2 is 2.27 bits per heavy atom. The first kappa shape index (κ1) is 11.3. The fraction of sp³-hybridized carbons (Fsp3) is 0.0909. The molecule has 3 nitrogen and oxygen atoms in total. The predicted octanol–water partition coefficient (Wildman–Crippen LogP) is 2.16. The van der Waals surface area contributed by atoms with E-state index < -0.39 is 5.91 Å². The number of aryl methyl sites for hydroxylation is 1. The number of carbonyl (C=O) groups excluding carboxylic acids is 1. The van der Waals surface area contributed by atoms with Gasteiger partial charge in [0.25, 0.3) is 0 Å². The minimum atomic E-state index is -0.450. The van der Waals surface area contributed by atoms with E-state index in [0.717, 1.165) is 5.56 Å². The molecule has 1 amide bonds. The summed E-state index contributed by atoms with van der Waals surface area (Å²) in [6, 6.07) is 7.28. The minimum absolute atomic E-state index is 0.450. The molecule has 0 aliphatic carbocycles. The zero-order valence-electron chi connectivity index (χ0n) is 7.97. The van der Waals surface area contributed by atoms with Crippen molar-refractivity contribution in [3.8, 4) is 16.8 Å². The molecule has 0 aliphatic rings. The molecular formula is C11H7BrN2O. The molecule has 0 atom stereocenters. The van der Waals surface area contributed by atoms with Gasteiger partial charge in [0, 0.05) is 21.9 Å².